The average molecular weight is 625 g/mol. The number of nitrogens with zero attached hydrogens (tertiary/aromatic N) is 3. The van der Waals surface area contributed by atoms with Crippen molar-refractivity contribution in [2.45, 2.75) is 11.4 Å². The average Bonchev–Trinajstić information content (AvgIpc) is 3.50. The first-order chi connectivity index (χ1) is 16.3. The number of anilines is 1. The van der Waals surface area contributed by atoms with E-state index in [2.05, 4.69) is 15.5 Å². The van der Waals surface area contributed by atoms with Gasteiger partial charge in [-0.25, -0.2) is 9.78 Å². The zero-order valence-electron chi connectivity index (χ0n) is 18.5. The van der Waals surface area contributed by atoms with Gasteiger partial charge in [0.1, 0.15) is 29.9 Å². The van der Waals surface area contributed by atoms with Gasteiger partial charge in [0.2, 0.25) is 0 Å². The van der Waals surface area contributed by atoms with Gasteiger partial charge in [0, 0.05) is 36.4 Å². The summed E-state index contributed by atoms with van der Waals surface area (Å²) >= 11 is 3.29. The van der Waals surface area contributed by atoms with Gasteiger partial charge in [-0.05, 0) is 17.7 Å². The van der Waals surface area contributed by atoms with E-state index in [-0.39, 0.29) is 76.5 Å². The van der Waals surface area contributed by atoms with Crippen molar-refractivity contribution in [1.82, 2.24) is 15.2 Å². The van der Waals surface area contributed by atoms with Gasteiger partial charge < -0.3 is 25.4 Å². The fraction of sp³-hybridized carbons (Fsp3) is 0.263. The number of thiazole rings is 1. The van der Waals surface area contributed by atoms with E-state index in [9.17, 15) is 24.3 Å². The summed E-state index contributed by atoms with van der Waals surface area (Å²) in [5, 5.41) is 16.8. The van der Waals surface area contributed by atoms with Crippen molar-refractivity contribution in [3.63, 3.8) is 0 Å². The number of rotatable bonds is 8. The van der Waals surface area contributed by atoms with E-state index in [0.29, 0.717) is 5.57 Å². The molecule has 0 saturated carbocycles. The molecule has 0 bridgehead atoms. The van der Waals surface area contributed by atoms with Crippen LogP contribution in [0.15, 0.2) is 44.6 Å². The van der Waals surface area contributed by atoms with Gasteiger partial charge in [-0.2, -0.15) is 0 Å². The molecule has 2 aliphatic heterocycles. The minimum atomic E-state index is -1.29. The number of oxime groups is 1. The molecule has 0 spiro atoms. The molecule has 17 heteroatoms. The van der Waals surface area contributed by atoms with Crippen LogP contribution in [0, 0.1) is 0 Å². The van der Waals surface area contributed by atoms with Crippen LogP contribution in [0.25, 0.3) is 0 Å². The van der Waals surface area contributed by atoms with E-state index in [1.165, 1.54) is 36.6 Å². The third-order valence-corrected chi connectivity index (χ3v) is 7.77. The second-order valence-electron chi connectivity index (χ2n) is 6.87. The number of nitrogens with two attached hydrogens (primary N) is 1. The van der Waals surface area contributed by atoms with Crippen molar-refractivity contribution >= 4 is 81.0 Å². The van der Waals surface area contributed by atoms with Crippen LogP contribution in [0.3, 0.4) is 0 Å². The third-order valence-electron chi connectivity index (χ3n) is 4.80. The molecular weight excluding hydrogens is 607 g/mol. The fourth-order valence-corrected chi connectivity index (χ4v) is 6.14. The summed E-state index contributed by atoms with van der Waals surface area (Å²) < 4.78 is 5.05. The van der Waals surface area contributed by atoms with Crippen LogP contribution in [0.1, 0.15) is 16.2 Å². The molecule has 0 radical (unpaired) electrons. The van der Waals surface area contributed by atoms with Crippen molar-refractivity contribution < 1.29 is 53.0 Å². The number of aliphatic carboxylic acids is 1. The van der Waals surface area contributed by atoms with Gasteiger partial charge in [0.25, 0.3) is 16.9 Å². The van der Waals surface area contributed by atoms with E-state index in [0.717, 1.165) is 28.0 Å². The zero-order valence-corrected chi connectivity index (χ0v) is 24.8. The molecule has 0 unspecified atom stereocenters. The van der Waals surface area contributed by atoms with Crippen LogP contribution in [-0.4, -0.2) is 73.6 Å². The minimum Gasteiger partial charge on any atom is -0.477 e. The molecule has 4 heterocycles. The molecule has 0 aromatic carbocycles. The summed E-state index contributed by atoms with van der Waals surface area (Å²) in [5.74, 6) is -2.08. The topological polar surface area (TPSA) is 177 Å². The number of nitrogen functional groups attached to an aromatic ring is 1. The van der Waals surface area contributed by atoms with Crippen molar-refractivity contribution in [2.75, 3.05) is 24.3 Å². The van der Waals surface area contributed by atoms with Gasteiger partial charge in [0.15, 0.2) is 16.6 Å². The Hall–Kier alpha value is -2.39. The summed E-state index contributed by atoms with van der Waals surface area (Å²) in [6.07, 6.45) is 1.37. The number of carbonyl (C=O) groups excluding carboxylic acids is 3. The van der Waals surface area contributed by atoms with Crippen LogP contribution < -0.4 is 11.1 Å². The largest absolute Gasteiger partial charge is 0.477 e. The van der Waals surface area contributed by atoms with Crippen LogP contribution in [0.5, 0.6) is 0 Å². The Bertz CT molecular complexity index is 1220. The third kappa shape index (κ3) is 5.94. The number of carboxylic acids is 1. The normalized spacial score (nSPS) is 18.9. The first-order valence-electron chi connectivity index (χ1n) is 9.55. The van der Waals surface area contributed by atoms with Gasteiger partial charge >= 0.3 is 5.97 Å². The van der Waals surface area contributed by atoms with Crippen molar-refractivity contribution in [3.05, 3.63) is 46.5 Å². The summed E-state index contributed by atoms with van der Waals surface area (Å²) in [5.41, 5.74) is 5.89. The van der Waals surface area contributed by atoms with E-state index in [4.69, 9.17) is 15.0 Å². The Labute approximate surface area is 235 Å². The SMILES string of the molecule is CO/N=C(\C(=O)N[C@@H]1C(=O)N2C(C(=O)O)=C(CSC(=O)c3ccco3)CS[C@H]12)c1csc(N)n1.Cl.[Zn]. The number of amides is 2. The molecule has 1 saturated heterocycles. The monoisotopic (exact) mass is 623 g/mol. The number of halogens is 1. The van der Waals surface area contributed by atoms with Crippen LogP contribution >= 0.6 is 47.3 Å². The number of β-lactam (4-membered cyclic amide) rings is 1. The zero-order chi connectivity index (χ0) is 24.4. The van der Waals surface area contributed by atoms with E-state index in [1.54, 1.807) is 6.07 Å². The predicted molar refractivity (Wildman–Crippen MR) is 133 cm³/mol. The second kappa shape index (κ2) is 12.7. The van der Waals surface area contributed by atoms with Gasteiger partial charge in [-0.1, -0.05) is 16.9 Å². The predicted octanol–water partition coefficient (Wildman–Crippen LogP) is 1.40. The molecule has 2 amide bonds. The number of thioether (sulfide) groups is 2. The first-order valence-corrected chi connectivity index (χ1v) is 12.5. The number of aromatic nitrogens is 1. The molecule has 36 heavy (non-hydrogen) atoms. The Kier molecular flexibility index (Phi) is 10.5. The van der Waals surface area contributed by atoms with Gasteiger partial charge in [-0.3, -0.25) is 19.3 Å². The first kappa shape index (κ1) is 29.8. The van der Waals surface area contributed by atoms with E-state index >= 15 is 0 Å². The molecular formula is C19H18ClN5O7S3Zn. The Morgan fingerprint density at radius 3 is 2.78 bits per heavy atom. The number of carboxylic acid groups (broad SMARTS) is 1. The summed E-state index contributed by atoms with van der Waals surface area (Å²) in [7, 11) is 1.26. The Morgan fingerprint density at radius 2 is 2.19 bits per heavy atom. The fourth-order valence-electron chi connectivity index (χ4n) is 3.31. The standard InChI is InChI=1S/C19H17N5O7S3.ClH.Zn/c1-30-23-11(9-7-34-19(20)21-9)14(25)22-12-15(26)24-13(17(27)28)8(5-32-16(12)24)6-33-18(29)10-3-2-4-31-10;;/h2-4,7,12,16H,5-6H2,1H3,(H2,20,21)(H,22,25)(H,27,28);1H;/b23-11-;;/t12-,16-;;/m1../s1. The molecule has 4 N–H and O–H groups in total. The second-order valence-corrected chi connectivity index (χ2v) is 9.81. The van der Waals surface area contributed by atoms with Crippen LogP contribution in [0.2, 0.25) is 0 Å². The Balaban J connectivity index is 0.00000228. The molecule has 2 aromatic rings. The maximum absolute atomic E-state index is 12.8. The Morgan fingerprint density at radius 1 is 1.44 bits per heavy atom. The maximum Gasteiger partial charge on any atom is 0.352 e. The number of carbonyl (C=O) groups is 4. The molecule has 4 rings (SSSR count). The number of fused-ring (bicyclic) bond motifs is 1. The van der Waals surface area contributed by atoms with Gasteiger partial charge in [-0.15, -0.1) is 35.5 Å². The van der Waals surface area contributed by atoms with E-state index in [1.807, 2.05) is 0 Å². The van der Waals surface area contributed by atoms with Gasteiger partial charge in [0.05, 0.1) is 6.26 Å². The smallest absolute Gasteiger partial charge is 0.352 e. The van der Waals surface area contributed by atoms with Crippen molar-refractivity contribution in [1.29, 1.82) is 0 Å². The quantitative estimate of drug-likeness (QED) is 0.167. The molecule has 0 aliphatic carbocycles. The number of hydrogen-bond acceptors (Lipinski definition) is 12. The molecule has 188 valence electrons. The molecule has 2 aromatic heterocycles. The minimum absolute atomic E-state index is 0. The van der Waals surface area contributed by atoms with Crippen LogP contribution in [0.4, 0.5) is 5.13 Å². The van der Waals surface area contributed by atoms with Crippen molar-refractivity contribution in [2.24, 2.45) is 5.16 Å². The number of furan rings is 1. The molecule has 1 fully saturated rings. The summed E-state index contributed by atoms with van der Waals surface area (Å²) in [6, 6.07) is 2.13. The number of nitrogens with one attached hydrogen (secondary N) is 1. The molecule has 12 nitrogen and oxygen atoms in total. The molecule has 2 aliphatic rings. The van der Waals surface area contributed by atoms with Crippen LogP contribution in [-0.2, 0) is 38.7 Å². The summed E-state index contributed by atoms with van der Waals surface area (Å²) in [4.78, 5) is 59.6. The maximum atomic E-state index is 12.8. The number of hydrogen-bond donors (Lipinski definition) is 3. The van der Waals surface area contributed by atoms with E-state index < -0.39 is 29.2 Å². The summed E-state index contributed by atoms with van der Waals surface area (Å²) in [6.45, 7) is 0. The van der Waals surface area contributed by atoms with Crippen molar-refractivity contribution in [3.8, 4) is 0 Å². The molecule has 2 atom stereocenters.